The molecule has 0 fully saturated rings. The Labute approximate surface area is 123 Å². The molecule has 2 aromatic carbocycles. The Balaban J connectivity index is 2.54. The molecule has 0 radical (unpaired) electrons. The van der Waals surface area contributed by atoms with Crippen LogP contribution >= 0.6 is 15.9 Å². The van der Waals surface area contributed by atoms with Gasteiger partial charge in [0.1, 0.15) is 11.8 Å². The maximum Gasteiger partial charge on any atom is 0.185 e. The number of nitriles is 1. The monoisotopic (exact) mass is 362 g/mol. The van der Waals surface area contributed by atoms with Gasteiger partial charge >= 0.3 is 0 Å². The van der Waals surface area contributed by atoms with E-state index >= 15 is 0 Å². The zero-order valence-electron chi connectivity index (χ0n) is 9.95. The van der Waals surface area contributed by atoms with Gasteiger partial charge in [0.25, 0.3) is 0 Å². The minimum atomic E-state index is -1.69. The van der Waals surface area contributed by atoms with Crippen LogP contribution < -0.4 is 5.32 Å². The van der Waals surface area contributed by atoms with Crippen LogP contribution in [0.1, 0.15) is 5.56 Å². The summed E-state index contributed by atoms with van der Waals surface area (Å²) in [5, 5.41) is 10.6. The molecule has 8 heteroatoms. The Morgan fingerprint density at radius 3 is 2.05 bits per heavy atom. The highest BCUT2D eigenvalue weighted by molar-refractivity contribution is 9.10. The van der Waals surface area contributed by atoms with Crippen LogP contribution in [0.25, 0.3) is 0 Å². The molecular weight excluding hydrogens is 359 g/mol. The molecule has 2 rings (SSSR count). The first kappa shape index (κ1) is 15.3. The van der Waals surface area contributed by atoms with Gasteiger partial charge in [-0.05, 0) is 28.1 Å². The largest absolute Gasteiger partial charge is 0.348 e. The highest BCUT2D eigenvalue weighted by Gasteiger charge is 2.21. The van der Waals surface area contributed by atoms with Crippen LogP contribution in [0.2, 0.25) is 0 Å². The van der Waals surface area contributed by atoms with Crippen molar-refractivity contribution < 1.29 is 22.0 Å². The fourth-order valence-corrected chi connectivity index (χ4v) is 1.98. The van der Waals surface area contributed by atoms with E-state index in [4.69, 9.17) is 5.26 Å². The van der Waals surface area contributed by atoms with Gasteiger partial charge in [-0.3, -0.25) is 0 Å². The lowest BCUT2D eigenvalue weighted by Crippen LogP contribution is -2.04. The lowest BCUT2D eigenvalue weighted by Gasteiger charge is -2.12. The third-order valence-electron chi connectivity index (χ3n) is 2.57. The second-order valence-electron chi connectivity index (χ2n) is 3.87. The van der Waals surface area contributed by atoms with Crippen molar-refractivity contribution in [3.05, 3.63) is 57.3 Å². The summed E-state index contributed by atoms with van der Waals surface area (Å²) in [7, 11) is 0. The standard InChI is InChI=1S/C13H4BrF5N2/c14-9-5(4-20)1-2-8(12(9)19)21-13-10(17)6(15)3-7(16)11(13)18/h1-3,21H. The van der Waals surface area contributed by atoms with Crippen molar-refractivity contribution in [2.45, 2.75) is 0 Å². The Bertz CT molecular complexity index is 744. The fraction of sp³-hybridized carbons (Fsp3) is 0. The minimum Gasteiger partial charge on any atom is -0.348 e. The van der Waals surface area contributed by atoms with Crippen LogP contribution in [-0.4, -0.2) is 0 Å². The molecule has 108 valence electrons. The second kappa shape index (κ2) is 5.69. The Morgan fingerprint density at radius 2 is 1.52 bits per heavy atom. The molecule has 0 aliphatic heterocycles. The SMILES string of the molecule is N#Cc1ccc(Nc2c(F)c(F)cc(F)c2F)c(F)c1Br. The number of nitrogens with zero attached hydrogens (tertiary/aromatic N) is 1. The van der Waals surface area contributed by atoms with Gasteiger partial charge < -0.3 is 5.32 Å². The summed E-state index contributed by atoms with van der Waals surface area (Å²) in [5.74, 6) is -7.64. The summed E-state index contributed by atoms with van der Waals surface area (Å²) in [6.45, 7) is 0. The van der Waals surface area contributed by atoms with E-state index in [-0.39, 0.29) is 16.1 Å². The first-order valence-electron chi connectivity index (χ1n) is 5.35. The highest BCUT2D eigenvalue weighted by atomic mass is 79.9. The van der Waals surface area contributed by atoms with Crippen molar-refractivity contribution >= 4 is 27.3 Å². The first-order chi connectivity index (χ1) is 9.86. The van der Waals surface area contributed by atoms with E-state index < -0.39 is 40.5 Å². The first-order valence-corrected chi connectivity index (χ1v) is 6.14. The normalized spacial score (nSPS) is 10.3. The van der Waals surface area contributed by atoms with Crippen molar-refractivity contribution in [2.75, 3.05) is 5.32 Å². The molecule has 0 atom stereocenters. The number of hydrogen-bond acceptors (Lipinski definition) is 2. The number of hydrogen-bond donors (Lipinski definition) is 1. The number of benzene rings is 2. The third-order valence-corrected chi connectivity index (χ3v) is 3.35. The van der Waals surface area contributed by atoms with Gasteiger partial charge in [0, 0.05) is 6.07 Å². The number of halogens is 6. The smallest absolute Gasteiger partial charge is 0.185 e. The van der Waals surface area contributed by atoms with Gasteiger partial charge in [-0.25, -0.2) is 22.0 Å². The van der Waals surface area contributed by atoms with Crippen molar-refractivity contribution in [1.82, 2.24) is 0 Å². The van der Waals surface area contributed by atoms with Gasteiger partial charge in [0.2, 0.25) is 0 Å². The predicted molar refractivity (Wildman–Crippen MR) is 68.4 cm³/mol. The van der Waals surface area contributed by atoms with Crippen LogP contribution in [0.3, 0.4) is 0 Å². The lowest BCUT2D eigenvalue weighted by molar-refractivity contribution is 0.459. The van der Waals surface area contributed by atoms with Gasteiger partial charge in [0.05, 0.1) is 15.7 Å². The molecule has 1 N–H and O–H groups in total. The molecule has 0 unspecified atom stereocenters. The average molecular weight is 363 g/mol. The maximum atomic E-state index is 13.9. The van der Waals surface area contributed by atoms with Crippen LogP contribution in [0.4, 0.5) is 33.3 Å². The molecule has 0 aliphatic carbocycles. The molecule has 0 heterocycles. The van der Waals surface area contributed by atoms with E-state index in [0.29, 0.717) is 0 Å². The molecule has 0 bridgehead atoms. The van der Waals surface area contributed by atoms with Gasteiger partial charge in [0.15, 0.2) is 29.1 Å². The summed E-state index contributed by atoms with van der Waals surface area (Å²) in [6, 6.07) is 3.91. The topological polar surface area (TPSA) is 35.8 Å². The quantitative estimate of drug-likeness (QED) is 0.617. The summed E-state index contributed by atoms with van der Waals surface area (Å²) in [4.78, 5) is 0. The number of rotatable bonds is 2. The van der Waals surface area contributed by atoms with Gasteiger partial charge in [-0.15, -0.1) is 0 Å². The molecule has 0 aromatic heterocycles. The van der Waals surface area contributed by atoms with Crippen molar-refractivity contribution in [1.29, 1.82) is 5.26 Å². The molecule has 2 aromatic rings. The van der Waals surface area contributed by atoms with Crippen molar-refractivity contribution in [3.63, 3.8) is 0 Å². The zero-order chi connectivity index (χ0) is 15.7. The summed E-state index contributed by atoms with van der Waals surface area (Å²) in [5.41, 5.74) is -1.67. The minimum absolute atomic E-state index is 0.0426. The molecule has 0 saturated heterocycles. The molecular formula is C13H4BrF5N2. The van der Waals surface area contributed by atoms with Crippen molar-refractivity contribution in [3.8, 4) is 6.07 Å². The fourth-order valence-electron chi connectivity index (χ4n) is 1.55. The van der Waals surface area contributed by atoms with E-state index in [9.17, 15) is 22.0 Å². The Morgan fingerprint density at radius 1 is 0.952 bits per heavy atom. The highest BCUT2D eigenvalue weighted by Crippen LogP contribution is 2.32. The number of nitrogens with one attached hydrogen (secondary N) is 1. The molecule has 21 heavy (non-hydrogen) atoms. The van der Waals surface area contributed by atoms with E-state index in [1.165, 1.54) is 6.07 Å². The van der Waals surface area contributed by atoms with Crippen LogP contribution in [0.5, 0.6) is 0 Å². The molecule has 0 spiro atoms. The van der Waals surface area contributed by atoms with Crippen LogP contribution in [0.15, 0.2) is 22.7 Å². The molecule has 0 saturated carbocycles. The zero-order valence-corrected chi connectivity index (χ0v) is 11.5. The average Bonchev–Trinajstić information content (AvgIpc) is 2.46. The second-order valence-corrected chi connectivity index (χ2v) is 4.66. The Kier molecular flexibility index (Phi) is 4.14. The summed E-state index contributed by atoms with van der Waals surface area (Å²) < 4.78 is 66.7. The third kappa shape index (κ3) is 2.69. The van der Waals surface area contributed by atoms with Crippen molar-refractivity contribution in [2.24, 2.45) is 0 Å². The Hall–Kier alpha value is -2.14. The van der Waals surface area contributed by atoms with Gasteiger partial charge in [-0.2, -0.15) is 5.26 Å². The molecule has 0 amide bonds. The van der Waals surface area contributed by atoms with Crippen LogP contribution in [-0.2, 0) is 0 Å². The summed E-state index contributed by atoms with van der Waals surface area (Å²) >= 11 is 2.80. The maximum absolute atomic E-state index is 13.9. The van der Waals surface area contributed by atoms with E-state index in [1.54, 1.807) is 6.07 Å². The molecule has 0 aliphatic rings. The predicted octanol–water partition coefficient (Wildman–Crippen LogP) is 4.76. The number of anilines is 2. The van der Waals surface area contributed by atoms with E-state index in [1.807, 2.05) is 5.32 Å². The van der Waals surface area contributed by atoms with E-state index in [0.717, 1.165) is 6.07 Å². The molecule has 2 nitrogen and oxygen atoms in total. The van der Waals surface area contributed by atoms with Gasteiger partial charge in [-0.1, -0.05) is 0 Å². The lowest BCUT2D eigenvalue weighted by atomic mass is 10.2. The summed E-state index contributed by atoms with van der Waals surface area (Å²) in [6.07, 6.45) is 0. The van der Waals surface area contributed by atoms with Crippen LogP contribution in [0, 0.1) is 40.4 Å². The van der Waals surface area contributed by atoms with E-state index in [2.05, 4.69) is 15.9 Å².